The van der Waals surface area contributed by atoms with Crippen LogP contribution in [0.25, 0.3) is 0 Å². The van der Waals surface area contributed by atoms with Gasteiger partial charge < -0.3 is 10.1 Å². The fraction of sp³-hybridized carbons (Fsp3) is 0.316. The number of ether oxygens (including phenoxy) is 1. The molecule has 1 unspecified atom stereocenters. The molecule has 1 aliphatic rings. The van der Waals surface area contributed by atoms with Crippen molar-refractivity contribution in [1.82, 2.24) is 5.32 Å². The Morgan fingerprint density at radius 1 is 1.24 bits per heavy atom. The number of nitrogens with one attached hydrogen (secondary N) is 2. The molecule has 2 aromatic carbocycles. The van der Waals surface area contributed by atoms with E-state index < -0.39 is 14.9 Å². The second kappa shape index (κ2) is 8.58. The lowest BCUT2D eigenvalue weighted by Crippen LogP contribution is -2.31. The second-order valence-corrected chi connectivity index (χ2v) is 8.42. The van der Waals surface area contributed by atoms with Crippen LogP contribution in [0.1, 0.15) is 28.8 Å². The Hall–Kier alpha value is -2.98. The summed E-state index contributed by atoms with van der Waals surface area (Å²) in [5.41, 5.74) is 0.722. The predicted molar refractivity (Wildman–Crippen MR) is 106 cm³/mol. The van der Waals surface area contributed by atoms with Crippen LogP contribution in [-0.2, 0) is 14.8 Å². The van der Waals surface area contributed by atoms with Crippen LogP contribution in [-0.4, -0.2) is 38.5 Å². The van der Waals surface area contributed by atoms with Gasteiger partial charge in [-0.1, -0.05) is 6.07 Å². The molecule has 1 atom stereocenters. The number of nitrogens with zero attached hydrogens (tertiary/aromatic N) is 1. The molecule has 9 nitrogen and oxygen atoms in total. The molecule has 0 spiro atoms. The summed E-state index contributed by atoms with van der Waals surface area (Å²) >= 11 is 0. The lowest BCUT2D eigenvalue weighted by molar-refractivity contribution is -0.385. The predicted octanol–water partition coefficient (Wildman–Crippen LogP) is 2.61. The molecule has 0 aromatic heterocycles. The summed E-state index contributed by atoms with van der Waals surface area (Å²) in [6.45, 7) is 2.67. The third-order valence-corrected chi connectivity index (χ3v) is 5.98. The van der Waals surface area contributed by atoms with Gasteiger partial charge in [-0.05, 0) is 50.1 Å². The maximum atomic E-state index is 12.5. The van der Waals surface area contributed by atoms with E-state index in [2.05, 4.69) is 10.0 Å². The fourth-order valence-corrected chi connectivity index (χ4v) is 4.05. The van der Waals surface area contributed by atoms with E-state index in [1.165, 1.54) is 43.3 Å². The van der Waals surface area contributed by atoms with E-state index in [0.717, 1.165) is 18.9 Å². The topological polar surface area (TPSA) is 128 Å². The van der Waals surface area contributed by atoms with Gasteiger partial charge in [-0.3, -0.25) is 19.6 Å². The highest BCUT2D eigenvalue weighted by atomic mass is 32.2. The molecule has 0 radical (unpaired) electrons. The van der Waals surface area contributed by atoms with Gasteiger partial charge in [0, 0.05) is 36.0 Å². The van der Waals surface area contributed by atoms with Crippen LogP contribution < -0.4 is 10.0 Å². The van der Waals surface area contributed by atoms with Gasteiger partial charge in [-0.25, -0.2) is 8.42 Å². The third-order valence-electron chi connectivity index (χ3n) is 4.60. The van der Waals surface area contributed by atoms with Crippen LogP contribution in [0, 0.1) is 17.0 Å². The van der Waals surface area contributed by atoms with Crippen LogP contribution >= 0.6 is 0 Å². The molecule has 154 valence electrons. The van der Waals surface area contributed by atoms with Crippen LogP contribution in [0.4, 0.5) is 11.4 Å². The van der Waals surface area contributed by atoms with E-state index in [0.29, 0.717) is 24.3 Å². The van der Waals surface area contributed by atoms with E-state index in [1.807, 2.05) is 0 Å². The number of carbonyl (C=O) groups excluding carboxylic acids is 1. The fourth-order valence-electron chi connectivity index (χ4n) is 2.97. The van der Waals surface area contributed by atoms with Crippen molar-refractivity contribution >= 4 is 27.3 Å². The zero-order chi connectivity index (χ0) is 21.0. The molecule has 10 heteroatoms. The quantitative estimate of drug-likeness (QED) is 0.524. The highest BCUT2D eigenvalue weighted by molar-refractivity contribution is 7.92. The van der Waals surface area contributed by atoms with Crippen molar-refractivity contribution in [3.05, 3.63) is 63.7 Å². The highest BCUT2D eigenvalue weighted by Gasteiger charge is 2.20. The summed E-state index contributed by atoms with van der Waals surface area (Å²) in [5, 5.41) is 13.8. The minimum absolute atomic E-state index is 0.0311. The van der Waals surface area contributed by atoms with Crippen molar-refractivity contribution in [2.24, 2.45) is 0 Å². The molecule has 0 bridgehead atoms. The maximum absolute atomic E-state index is 12.5. The van der Waals surface area contributed by atoms with E-state index in [4.69, 9.17) is 4.74 Å². The summed E-state index contributed by atoms with van der Waals surface area (Å²) in [6, 6.07) is 9.62. The normalized spacial score (nSPS) is 16.4. The molecule has 1 fully saturated rings. The van der Waals surface area contributed by atoms with Gasteiger partial charge in [0.2, 0.25) is 0 Å². The van der Waals surface area contributed by atoms with Crippen molar-refractivity contribution in [3.63, 3.8) is 0 Å². The maximum Gasteiger partial charge on any atom is 0.273 e. The lowest BCUT2D eigenvalue weighted by Gasteiger charge is -2.12. The Kier molecular flexibility index (Phi) is 6.14. The summed E-state index contributed by atoms with van der Waals surface area (Å²) in [4.78, 5) is 22.4. The number of rotatable bonds is 7. The average Bonchev–Trinajstić information content (AvgIpc) is 3.20. The number of aryl methyl sites for hydroxylation is 1. The number of carbonyl (C=O) groups is 1. The van der Waals surface area contributed by atoms with E-state index in [9.17, 15) is 23.3 Å². The number of hydrogen-bond acceptors (Lipinski definition) is 6. The molecule has 0 aliphatic carbocycles. The van der Waals surface area contributed by atoms with Gasteiger partial charge in [0.15, 0.2) is 0 Å². The first-order chi connectivity index (χ1) is 13.8. The van der Waals surface area contributed by atoms with Crippen LogP contribution in [0.2, 0.25) is 0 Å². The van der Waals surface area contributed by atoms with Crippen molar-refractivity contribution in [2.75, 3.05) is 17.9 Å². The van der Waals surface area contributed by atoms with Gasteiger partial charge in [0.1, 0.15) is 0 Å². The summed E-state index contributed by atoms with van der Waals surface area (Å²) in [6.07, 6.45) is 1.93. The Morgan fingerprint density at radius 3 is 2.59 bits per heavy atom. The van der Waals surface area contributed by atoms with Crippen molar-refractivity contribution in [3.8, 4) is 0 Å². The molecule has 3 rings (SSSR count). The smallest absolute Gasteiger partial charge is 0.273 e. The first-order valence-corrected chi connectivity index (χ1v) is 10.5. The lowest BCUT2D eigenvalue weighted by atomic mass is 10.2. The van der Waals surface area contributed by atoms with Gasteiger partial charge in [-0.2, -0.15) is 0 Å². The molecule has 2 aromatic rings. The van der Waals surface area contributed by atoms with Gasteiger partial charge in [-0.15, -0.1) is 0 Å². The molecular weight excluding hydrogens is 398 g/mol. The minimum atomic E-state index is -4.01. The minimum Gasteiger partial charge on any atom is -0.376 e. The Balaban J connectivity index is 1.67. The number of hydrogen-bond donors (Lipinski definition) is 2. The van der Waals surface area contributed by atoms with Gasteiger partial charge >= 0.3 is 0 Å². The van der Waals surface area contributed by atoms with Crippen LogP contribution in [0.5, 0.6) is 0 Å². The molecule has 1 saturated heterocycles. The first-order valence-electron chi connectivity index (χ1n) is 9.04. The SMILES string of the molecule is Cc1ccc(S(=O)(=O)Nc2ccc(C(=O)NCC3CCCO3)cc2)cc1[N+](=O)[O-]. The summed E-state index contributed by atoms with van der Waals surface area (Å²) in [7, 11) is -4.01. The third kappa shape index (κ3) is 5.09. The van der Waals surface area contributed by atoms with Crippen molar-refractivity contribution in [1.29, 1.82) is 0 Å². The standard InChI is InChI=1S/C19H21N3O6S/c1-13-4-9-17(11-18(13)22(24)25)29(26,27)21-15-7-5-14(6-8-15)19(23)20-12-16-3-2-10-28-16/h4-9,11,16,21H,2-3,10,12H2,1H3,(H,20,23). The molecule has 2 N–H and O–H groups in total. The molecule has 1 amide bonds. The molecular formula is C19H21N3O6S. The van der Waals surface area contributed by atoms with Gasteiger partial charge in [0.05, 0.1) is 15.9 Å². The number of anilines is 1. The molecule has 0 saturated carbocycles. The average molecular weight is 419 g/mol. The van der Waals surface area contributed by atoms with Crippen LogP contribution in [0.3, 0.4) is 0 Å². The number of nitro benzene ring substituents is 1. The number of nitro groups is 1. The van der Waals surface area contributed by atoms with E-state index >= 15 is 0 Å². The second-order valence-electron chi connectivity index (χ2n) is 6.73. The monoisotopic (exact) mass is 419 g/mol. The number of benzene rings is 2. The Labute approximate surface area is 168 Å². The summed E-state index contributed by atoms with van der Waals surface area (Å²) < 4.78 is 32.9. The zero-order valence-electron chi connectivity index (χ0n) is 15.8. The zero-order valence-corrected chi connectivity index (χ0v) is 16.6. The highest BCUT2D eigenvalue weighted by Crippen LogP contribution is 2.24. The molecule has 1 heterocycles. The molecule has 29 heavy (non-hydrogen) atoms. The number of amides is 1. The molecule has 1 aliphatic heterocycles. The van der Waals surface area contributed by atoms with Crippen LogP contribution in [0.15, 0.2) is 47.4 Å². The first kappa shape index (κ1) is 20.7. The van der Waals surface area contributed by atoms with E-state index in [-0.39, 0.29) is 28.3 Å². The largest absolute Gasteiger partial charge is 0.376 e. The number of sulfonamides is 1. The Bertz CT molecular complexity index is 1010. The van der Waals surface area contributed by atoms with Crippen molar-refractivity contribution < 1.29 is 22.9 Å². The summed E-state index contributed by atoms with van der Waals surface area (Å²) in [5.74, 6) is -0.274. The van der Waals surface area contributed by atoms with Gasteiger partial charge in [0.25, 0.3) is 21.6 Å². The Morgan fingerprint density at radius 2 is 1.97 bits per heavy atom. The van der Waals surface area contributed by atoms with Crippen molar-refractivity contribution in [2.45, 2.75) is 30.8 Å². The van der Waals surface area contributed by atoms with E-state index in [1.54, 1.807) is 0 Å².